The molecule has 1 aromatic heterocycles. The molecule has 0 radical (unpaired) electrons. The van der Waals surface area contributed by atoms with Gasteiger partial charge in [0.2, 0.25) is 0 Å². The smallest absolute Gasteiger partial charge is 0.406 e. The number of aldehydes is 2. The lowest BCUT2D eigenvalue weighted by Gasteiger charge is -2.25. The average Bonchev–Trinajstić information content (AvgIpc) is 3.43. The van der Waals surface area contributed by atoms with Gasteiger partial charge in [0.15, 0.2) is 0 Å². The fourth-order valence-corrected chi connectivity index (χ4v) is 4.20. The lowest BCUT2D eigenvalue weighted by molar-refractivity contribution is -0.274. The molecule has 0 saturated carbocycles. The van der Waals surface area contributed by atoms with Crippen LogP contribution in [0.15, 0.2) is 55.2 Å². The molecule has 0 bridgehead atoms. The predicted octanol–water partition coefficient (Wildman–Crippen LogP) is 4.28. The van der Waals surface area contributed by atoms with Crippen LogP contribution in [-0.2, 0) is 29.0 Å². The van der Waals surface area contributed by atoms with E-state index in [9.17, 15) is 22.8 Å². The topological polar surface area (TPSA) is 77.3 Å². The zero-order chi connectivity index (χ0) is 25.0. The van der Waals surface area contributed by atoms with Crippen molar-refractivity contribution >= 4 is 18.3 Å². The van der Waals surface area contributed by atoms with Crippen molar-refractivity contribution in [2.24, 2.45) is 0 Å². The SMILES string of the molecule is C=C1c2cccc(CCc3cn(-c4ccc(OC(F)(F)F)cc4)nn3)c2CN1C(C=O)CCC=O. The molecule has 2 heterocycles. The number of carbonyl (C=O) groups is 2. The second-order valence-corrected chi connectivity index (χ2v) is 8.16. The zero-order valence-electron chi connectivity index (χ0n) is 18.7. The van der Waals surface area contributed by atoms with Crippen LogP contribution >= 0.6 is 0 Å². The van der Waals surface area contributed by atoms with Crippen LogP contribution in [0.4, 0.5) is 13.2 Å². The number of fused-ring (bicyclic) bond motifs is 1. The summed E-state index contributed by atoms with van der Waals surface area (Å²) in [6.07, 6.45) is 0.697. The van der Waals surface area contributed by atoms with E-state index in [1.165, 1.54) is 28.9 Å². The minimum atomic E-state index is -4.74. The first-order valence-electron chi connectivity index (χ1n) is 11.0. The van der Waals surface area contributed by atoms with Gasteiger partial charge in [-0.25, -0.2) is 4.68 Å². The zero-order valence-corrected chi connectivity index (χ0v) is 18.7. The molecule has 4 rings (SSSR count). The molecule has 7 nitrogen and oxygen atoms in total. The summed E-state index contributed by atoms with van der Waals surface area (Å²) in [6.45, 7) is 4.70. The Labute approximate surface area is 199 Å². The van der Waals surface area contributed by atoms with Crippen LogP contribution < -0.4 is 4.74 Å². The van der Waals surface area contributed by atoms with Gasteiger partial charge in [0, 0.05) is 24.2 Å². The summed E-state index contributed by atoms with van der Waals surface area (Å²) in [5.74, 6) is -0.307. The van der Waals surface area contributed by atoms with Crippen molar-refractivity contribution in [3.63, 3.8) is 0 Å². The molecule has 35 heavy (non-hydrogen) atoms. The Kier molecular flexibility index (Phi) is 6.99. The van der Waals surface area contributed by atoms with Gasteiger partial charge in [-0.1, -0.05) is 30.0 Å². The van der Waals surface area contributed by atoms with Crippen LogP contribution in [0, 0.1) is 0 Å². The van der Waals surface area contributed by atoms with Crippen molar-refractivity contribution in [3.8, 4) is 11.4 Å². The first kappa shape index (κ1) is 24.2. The van der Waals surface area contributed by atoms with E-state index in [1.54, 1.807) is 6.20 Å². The summed E-state index contributed by atoms with van der Waals surface area (Å²) in [4.78, 5) is 24.3. The van der Waals surface area contributed by atoms with Gasteiger partial charge in [0.05, 0.1) is 23.6 Å². The molecule has 0 spiro atoms. The molecule has 0 fully saturated rings. The third-order valence-corrected chi connectivity index (χ3v) is 5.92. The van der Waals surface area contributed by atoms with Gasteiger partial charge in [0.1, 0.15) is 18.3 Å². The molecule has 0 N–H and O–H groups in total. The van der Waals surface area contributed by atoms with E-state index >= 15 is 0 Å². The Hall–Kier alpha value is -3.95. The molecule has 1 atom stereocenters. The second-order valence-electron chi connectivity index (χ2n) is 8.16. The number of halogens is 3. The lowest BCUT2D eigenvalue weighted by Crippen LogP contribution is -2.31. The highest BCUT2D eigenvalue weighted by molar-refractivity contribution is 5.74. The highest BCUT2D eigenvalue weighted by Gasteiger charge is 2.31. The van der Waals surface area contributed by atoms with E-state index in [0.29, 0.717) is 37.9 Å². The van der Waals surface area contributed by atoms with Crippen molar-refractivity contribution in [1.29, 1.82) is 0 Å². The molecule has 0 saturated heterocycles. The molecule has 1 aliphatic rings. The quantitative estimate of drug-likeness (QED) is 0.400. The van der Waals surface area contributed by atoms with Gasteiger partial charge in [0.25, 0.3) is 0 Å². The molecule has 182 valence electrons. The minimum absolute atomic E-state index is 0.307. The third-order valence-electron chi connectivity index (χ3n) is 5.92. The van der Waals surface area contributed by atoms with Gasteiger partial charge in [-0.15, -0.1) is 18.3 Å². The Morgan fingerprint density at radius 1 is 1.11 bits per heavy atom. The van der Waals surface area contributed by atoms with Crippen molar-refractivity contribution in [1.82, 2.24) is 19.9 Å². The summed E-state index contributed by atoms with van der Waals surface area (Å²) < 4.78 is 42.4. The molecule has 1 aliphatic heterocycles. The molecule has 0 aliphatic carbocycles. The molecular weight excluding hydrogens is 461 g/mol. The molecule has 1 unspecified atom stereocenters. The number of aromatic nitrogens is 3. The number of nitrogens with zero attached hydrogens (tertiary/aromatic N) is 4. The number of aryl methyl sites for hydroxylation is 2. The molecule has 3 aromatic rings. The monoisotopic (exact) mass is 484 g/mol. The summed E-state index contributed by atoms with van der Waals surface area (Å²) in [5, 5.41) is 8.26. The Morgan fingerprint density at radius 2 is 1.89 bits per heavy atom. The number of carbonyl (C=O) groups excluding carboxylic acids is 2. The third kappa shape index (κ3) is 5.59. The number of rotatable bonds is 10. The number of benzene rings is 2. The first-order valence-corrected chi connectivity index (χ1v) is 11.0. The standard InChI is InChI=1S/C25H23F3N4O3/c1-17-23-6-2-4-18(24(23)15-31(17)21(16-34)5-3-13-33)7-8-19-14-32(30-29-19)20-9-11-22(12-10-20)35-25(26,27)28/h2,4,6,9-14,16,21H,1,3,5,7-8,15H2. The van der Waals surface area contributed by atoms with E-state index in [4.69, 9.17) is 0 Å². The van der Waals surface area contributed by atoms with Gasteiger partial charge in [-0.2, -0.15) is 0 Å². The molecule has 0 amide bonds. The van der Waals surface area contributed by atoms with Gasteiger partial charge >= 0.3 is 6.36 Å². The van der Waals surface area contributed by atoms with Gasteiger partial charge < -0.3 is 19.2 Å². The van der Waals surface area contributed by atoms with E-state index in [-0.39, 0.29) is 5.75 Å². The summed E-state index contributed by atoms with van der Waals surface area (Å²) in [7, 11) is 0. The molecule has 10 heteroatoms. The summed E-state index contributed by atoms with van der Waals surface area (Å²) in [5.41, 5.74) is 5.25. The van der Waals surface area contributed by atoms with Crippen LogP contribution in [0.25, 0.3) is 11.4 Å². The van der Waals surface area contributed by atoms with Crippen LogP contribution in [0.3, 0.4) is 0 Å². The van der Waals surface area contributed by atoms with Crippen molar-refractivity contribution in [2.45, 2.75) is 44.6 Å². The highest BCUT2D eigenvalue weighted by Crippen LogP contribution is 2.36. The van der Waals surface area contributed by atoms with Gasteiger partial charge in [-0.3, -0.25) is 0 Å². The largest absolute Gasteiger partial charge is 0.573 e. The van der Waals surface area contributed by atoms with E-state index in [1.807, 2.05) is 23.1 Å². The number of hydrogen-bond acceptors (Lipinski definition) is 6. The highest BCUT2D eigenvalue weighted by atomic mass is 19.4. The number of hydrogen-bond donors (Lipinski definition) is 0. The Balaban J connectivity index is 1.43. The first-order chi connectivity index (χ1) is 16.8. The number of ether oxygens (including phenoxy) is 1. The van der Waals surface area contributed by atoms with Crippen molar-refractivity contribution < 1.29 is 27.5 Å². The van der Waals surface area contributed by atoms with Crippen LogP contribution in [0.2, 0.25) is 0 Å². The molecular formula is C25H23F3N4O3. The molecule has 2 aromatic carbocycles. The summed E-state index contributed by atoms with van der Waals surface area (Å²) >= 11 is 0. The predicted molar refractivity (Wildman–Crippen MR) is 122 cm³/mol. The maximum atomic E-state index is 12.3. The maximum absolute atomic E-state index is 12.3. The van der Waals surface area contributed by atoms with Crippen LogP contribution in [0.1, 0.15) is 35.2 Å². The summed E-state index contributed by atoms with van der Waals surface area (Å²) in [6, 6.07) is 10.9. The lowest BCUT2D eigenvalue weighted by atomic mass is 9.98. The Bertz CT molecular complexity index is 1220. The maximum Gasteiger partial charge on any atom is 0.573 e. The van der Waals surface area contributed by atoms with E-state index in [0.717, 1.165) is 40.7 Å². The normalized spacial score (nSPS) is 14.0. The van der Waals surface area contributed by atoms with Gasteiger partial charge in [-0.05, 0) is 54.7 Å². The fourth-order valence-electron chi connectivity index (χ4n) is 4.20. The van der Waals surface area contributed by atoms with Crippen LogP contribution in [0.5, 0.6) is 5.75 Å². The van der Waals surface area contributed by atoms with Crippen LogP contribution in [-0.4, -0.2) is 44.9 Å². The Morgan fingerprint density at radius 3 is 2.57 bits per heavy atom. The number of alkyl halides is 3. The minimum Gasteiger partial charge on any atom is -0.406 e. The average molecular weight is 484 g/mol. The fraction of sp³-hybridized carbons (Fsp3) is 0.280. The van der Waals surface area contributed by atoms with E-state index < -0.39 is 12.4 Å². The van der Waals surface area contributed by atoms with Crippen molar-refractivity contribution in [3.05, 3.63) is 77.6 Å². The van der Waals surface area contributed by atoms with Crippen molar-refractivity contribution in [2.75, 3.05) is 0 Å². The van der Waals surface area contributed by atoms with E-state index in [2.05, 4.69) is 21.6 Å². The second kappa shape index (κ2) is 10.1.